The molecular formula is C29H35IN4O3S. The molecule has 202 valence electrons. The van der Waals surface area contributed by atoms with E-state index in [0.717, 1.165) is 26.2 Å². The number of aliphatic imine (C=N–C) groups is 1. The third kappa shape index (κ3) is 7.39. The van der Waals surface area contributed by atoms with Gasteiger partial charge in [0.2, 0.25) is 0 Å². The van der Waals surface area contributed by atoms with Gasteiger partial charge in [-0.1, -0.05) is 64.7 Å². The molecule has 2 aliphatic rings. The van der Waals surface area contributed by atoms with Gasteiger partial charge in [0.05, 0.1) is 36.1 Å². The van der Waals surface area contributed by atoms with Crippen LogP contribution >= 0.6 is 34.4 Å². The second kappa shape index (κ2) is 12.7. The van der Waals surface area contributed by atoms with Crippen LogP contribution in [0.3, 0.4) is 0 Å². The number of halogens is 1. The van der Waals surface area contributed by atoms with Gasteiger partial charge in [-0.15, -0.1) is 0 Å². The van der Waals surface area contributed by atoms with E-state index in [1.807, 2.05) is 44.7 Å². The quantitative estimate of drug-likeness (QED) is 0.184. The lowest BCUT2D eigenvalue weighted by atomic mass is 10.1. The lowest BCUT2D eigenvalue weighted by Gasteiger charge is -2.26. The fraction of sp³-hybridized carbons (Fsp3) is 0.414. The molecule has 7 nitrogen and oxygen atoms in total. The molecule has 1 aromatic heterocycles. The standard InChI is InChI=1S/C29H35IN4O3S/c1-29(2,3)37-28(35)34(15-17-36-16-14-30)26-13-10-22(19-31-26)20-6-8-21(9-7-20)27-32-24-12-11-23(33(4)5)18-25(24)38-27/h6-13,18-19,24-25H,14-17H2,1-5H3. The van der Waals surface area contributed by atoms with E-state index in [0.29, 0.717) is 30.8 Å². The summed E-state index contributed by atoms with van der Waals surface area (Å²) in [6, 6.07) is 12.4. The van der Waals surface area contributed by atoms with Crippen LogP contribution in [-0.4, -0.2) is 76.2 Å². The van der Waals surface area contributed by atoms with Crippen molar-refractivity contribution in [3.8, 4) is 11.1 Å². The molecule has 4 rings (SSSR count). The minimum Gasteiger partial charge on any atom is -0.443 e. The van der Waals surface area contributed by atoms with Gasteiger partial charge in [0, 0.05) is 41.5 Å². The molecule has 0 saturated carbocycles. The SMILES string of the molecule is CN(C)C1=CC2SC(c3ccc(-c4ccc(N(CCOCCI)C(=O)OC(C)(C)C)nc4)cc3)=NC2C=C1. The van der Waals surface area contributed by atoms with Gasteiger partial charge in [0.15, 0.2) is 0 Å². The Morgan fingerprint density at radius 3 is 2.39 bits per heavy atom. The summed E-state index contributed by atoms with van der Waals surface area (Å²) in [6.07, 6.45) is 8.00. The smallest absolute Gasteiger partial charge is 0.416 e. The molecule has 9 heteroatoms. The zero-order chi connectivity index (χ0) is 27.3. The molecule has 2 aromatic rings. The van der Waals surface area contributed by atoms with Gasteiger partial charge in [-0.2, -0.15) is 0 Å². The van der Waals surface area contributed by atoms with Crippen LogP contribution in [0.5, 0.6) is 0 Å². The van der Waals surface area contributed by atoms with Crippen LogP contribution in [0.4, 0.5) is 10.6 Å². The van der Waals surface area contributed by atoms with E-state index in [-0.39, 0.29) is 6.04 Å². The Balaban J connectivity index is 1.45. The molecular weight excluding hydrogens is 611 g/mol. The average Bonchev–Trinajstić information content (AvgIpc) is 3.31. The van der Waals surface area contributed by atoms with Crippen LogP contribution in [-0.2, 0) is 9.47 Å². The van der Waals surface area contributed by atoms with Crippen LogP contribution in [0.1, 0.15) is 26.3 Å². The molecule has 0 saturated heterocycles. The molecule has 0 bridgehead atoms. The summed E-state index contributed by atoms with van der Waals surface area (Å²) in [4.78, 5) is 26.1. The zero-order valence-corrected chi connectivity index (χ0v) is 25.5. The van der Waals surface area contributed by atoms with Crippen molar-refractivity contribution < 1.29 is 14.3 Å². The maximum absolute atomic E-state index is 12.9. The van der Waals surface area contributed by atoms with Crippen molar-refractivity contribution in [2.45, 2.75) is 37.7 Å². The number of nitrogens with zero attached hydrogens (tertiary/aromatic N) is 4. The van der Waals surface area contributed by atoms with Crippen LogP contribution in [0.15, 0.2) is 71.5 Å². The van der Waals surface area contributed by atoms with Crippen molar-refractivity contribution in [2.75, 3.05) is 43.2 Å². The number of likely N-dealkylation sites (N-methyl/N-ethyl adjacent to an activating group) is 1. The Kier molecular flexibility index (Phi) is 9.54. The lowest BCUT2D eigenvalue weighted by molar-refractivity contribution is 0.0562. The highest BCUT2D eigenvalue weighted by molar-refractivity contribution is 14.1. The van der Waals surface area contributed by atoms with Gasteiger partial charge in [-0.3, -0.25) is 9.89 Å². The van der Waals surface area contributed by atoms with Gasteiger partial charge in [-0.25, -0.2) is 9.78 Å². The number of amides is 1. The van der Waals surface area contributed by atoms with Gasteiger partial charge >= 0.3 is 6.09 Å². The van der Waals surface area contributed by atoms with Crippen molar-refractivity contribution in [1.29, 1.82) is 0 Å². The number of fused-ring (bicyclic) bond motifs is 1. The van der Waals surface area contributed by atoms with E-state index in [1.54, 1.807) is 6.20 Å². The maximum atomic E-state index is 12.9. The van der Waals surface area contributed by atoms with Crippen molar-refractivity contribution in [3.05, 3.63) is 72.1 Å². The normalized spacial score (nSPS) is 18.5. The molecule has 0 N–H and O–H groups in total. The predicted molar refractivity (Wildman–Crippen MR) is 166 cm³/mol. The van der Waals surface area contributed by atoms with Crippen LogP contribution in [0.2, 0.25) is 0 Å². The number of hydrogen-bond donors (Lipinski definition) is 0. The summed E-state index contributed by atoms with van der Waals surface area (Å²) >= 11 is 4.08. The van der Waals surface area contributed by atoms with Crippen molar-refractivity contribution in [1.82, 2.24) is 9.88 Å². The largest absolute Gasteiger partial charge is 0.443 e. The number of rotatable bonds is 9. The van der Waals surface area contributed by atoms with E-state index in [1.165, 1.54) is 10.6 Å². The molecule has 2 atom stereocenters. The molecule has 2 unspecified atom stereocenters. The molecule has 1 aliphatic heterocycles. The summed E-state index contributed by atoms with van der Waals surface area (Å²) in [5.41, 5.74) is 3.77. The first kappa shape index (κ1) is 28.6. The first-order chi connectivity index (χ1) is 18.1. The number of allylic oxidation sites excluding steroid dienone is 1. The average molecular weight is 647 g/mol. The van der Waals surface area contributed by atoms with Crippen molar-refractivity contribution >= 4 is 51.3 Å². The number of benzene rings is 1. The zero-order valence-electron chi connectivity index (χ0n) is 22.6. The number of pyridine rings is 1. The number of anilines is 1. The molecule has 38 heavy (non-hydrogen) atoms. The van der Waals surface area contributed by atoms with Crippen LogP contribution < -0.4 is 4.90 Å². The van der Waals surface area contributed by atoms with Crippen LogP contribution in [0.25, 0.3) is 11.1 Å². The summed E-state index contributed by atoms with van der Waals surface area (Å²) in [7, 11) is 4.13. The maximum Gasteiger partial charge on any atom is 0.416 e. The number of thioether (sulfide) groups is 1. The molecule has 0 spiro atoms. The van der Waals surface area contributed by atoms with Crippen molar-refractivity contribution in [2.24, 2.45) is 4.99 Å². The number of carbonyl (C=O) groups excluding carboxylic acids is 1. The summed E-state index contributed by atoms with van der Waals surface area (Å²) < 4.78 is 12.1. The van der Waals surface area contributed by atoms with Gasteiger partial charge in [0.25, 0.3) is 0 Å². The molecule has 2 heterocycles. The molecule has 0 fully saturated rings. The Hall–Kier alpha value is -2.37. The van der Waals surface area contributed by atoms with Gasteiger partial charge in [0.1, 0.15) is 11.4 Å². The monoisotopic (exact) mass is 646 g/mol. The third-order valence-corrected chi connectivity index (χ3v) is 7.64. The first-order valence-electron chi connectivity index (χ1n) is 12.7. The molecule has 1 aromatic carbocycles. The van der Waals surface area contributed by atoms with E-state index >= 15 is 0 Å². The fourth-order valence-electron chi connectivity index (χ4n) is 4.04. The molecule has 1 aliphatic carbocycles. The molecule has 1 amide bonds. The number of ether oxygens (including phenoxy) is 2. The Morgan fingerprint density at radius 2 is 1.76 bits per heavy atom. The van der Waals surface area contributed by atoms with E-state index in [2.05, 4.69) is 89.1 Å². The predicted octanol–water partition coefficient (Wildman–Crippen LogP) is 6.19. The van der Waals surface area contributed by atoms with Crippen molar-refractivity contribution in [3.63, 3.8) is 0 Å². The van der Waals surface area contributed by atoms with E-state index < -0.39 is 11.7 Å². The van der Waals surface area contributed by atoms with Gasteiger partial charge in [-0.05, 0) is 50.6 Å². The second-order valence-corrected chi connectivity index (χ2v) is 12.5. The Labute approximate surface area is 243 Å². The highest BCUT2D eigenvalue weighted by Crippen LogP contribution is 2.36. The number of hydrogen-bond acceptors (Lipinski definition) is 7. The Morgan fingerprint density at radius 1 is 1.05 bits per heavy atom. The summed E-state index contributed by atoms with van der Waals surface area (Å²) in [5, 5.41) is 1.41. The van der Waals surface area contributed by atoms with Crippen LogP contribution in [0, 0.1) is 0 Å². The topological polar surface area (TPSA) is 67.3 Å². The van der Waals surface area contributed by atoms with E-state index in [4.69, 9.17) is 14.5 Å². The lowest BCUT2D eigenvalue weighted by Crippen LogP contribution is -2.39. The number of aromatic nitrogens is 1. The number of alkyl halides is 1. The number of carbonyl (C=O) groups is 1. The molecule has 0 radical (unpaired) electrons. The van der Waals surface area contributed by atoms with E-state index in [9.17, 15) is 4.79 Å². The first-order valence-corrected chi connectivity index (χ1v) is 15.1. The highest BCUT2D eigenvalue weighted by atomic mass is 127. The third-order valence-electron chi connectivity index (χ3n) is 5.95. The minimum atomic E-state index is -0.596. The summed E-state index contributed by atoms with van der Waals surface area (Å²) in [5.74, 6) is 0.537. The summed E-state index contributed by atoms with van der Waals surface area (Å²) in [6.45, 7) is 6.99. The Bertz CT molecular complexity index is 1200. The fourth-order valence-corrected chi connectivity index (χ4v) is 5.56. The highest BCUT2D eigenvalue weighted by Gasteiger charge is 2.30. The van der Waals surface area contributed by atoms with Gasteiger partial charge < -0.3 is 14.4 Å². The second-order valence-electron chi connectivity index (χ2n) is 10.3. The minimum absolute atomic E-state index is 0.190.